The topological polar surface area (TPSA) is 138 Å². The predicted molar refractivity (Wildman–Crippen MR) is 135 cm³/mol. The quantitative estimate of drug-likeness (QED) is 0.338. The molecule has 6 aromatic rings. The Morgan fingerprint density at radius 1 is 0.944 bits per heavy atom. The van der Waals surface area contributed by atoms with Crippen LogP contribution in [0, 0.1) is 5.92 Å². The van der Waals surface area contributed by atoms with Gasteiger partial charge in [0.1, 0.15) is 11.0 Å². The lowest BCUT2D eigenvalue weighted by molar-refractivity contribution is -0.117. The molecule has 6 heterocycles. The molecule has 0 bridgehead atoms. The van der Waals surface area contributed by atoms with Gasteiger partial charge in [-0.25, -0.2) is 15.0 Å². The molecule has 1 fully saturated rings. The summed E-state index contributed by atoms with van der Waals surface area (Å²) in [5.74, 6) is 0.723. The molecule has 0 saturated heterocycles. The summed E-state index contributed by atoms with van der Waals surface area (Å²) in [5.41, 5.74) is 7.48. The van der Waals surface area contributed by atoms with Crippen molar-refractivity contribution in [3.63, 3.8) is 0 Å². The normalized spacial score (nSPS) is 13.3. The highest BCUT2D eigenvalue weighted by atomic mass is 16.2. The van der Waals surface area contributed by atoms with Crippen molar-refractivity contribution in [2.75, 3.05) is 5.32 Å². The van der Waals surface area contributed by atoms with Gasteiger partial charge in [-0.1, -0.05) is 6.07 Å². The van der Waals surface area contributed by atoms with E-state index in [1.54, 1.807) is 31.0 Å². The van der Waals surface area contributed by atoms with Crippen molar-refractivity contribution < 1.29 is 4.79 Å². The number of imidazole rings is 1. The third kappa shape index (κ3) is 3.56. The number of fused-ring (bicyclic) bond motifs is 2. The van der Waals surface area contributed by atoms with Crippen LogP contribution >= 0.6 is 0 Å². The van der Waals surface area contributed by atoms with Gasteiger partial charge in [0.25, 0.3) is 0 Å². The third-order valence-electron chi connectivity index (χ3n) is 6.24. The van der Waals surface area contributed by atoms with Crippen molar-refractivity contribution in [2.24, 2.45) is 5.92 Å². The Labute approximate surface area is 204 Å². The van der Waals surface area contributed by atoms with Crippen LogP contribution in [-0.4, -0.2) is 46.0 Å². The van der Waals surface area contributed by atoms with Gasteiger partial charge in [0.2, 0.25) is 5.91 Å². The van der Waals surface area contributed by atoms with Crippen molar-refractivity contribution >= 4 is 33.8 Å². The fraction of sp³-hybridized carbons (Fsp3) is 0.115. The minimum Gasteiger partial charge on any atom is -0.324 e. The Morgan fingerprint density at radius 3 is 2.72 bits per heavy atom. The highest BCUT2D eigenvalue weighted by Gasteiger charge is 2.29. The molecular weight excluding hydrogens is 454 g/mol. The number of nitrogens with one attached hydrogen (secondary N) is 3. The monoisotopic (exact) mass is 473 g/mol. The van der Waals surface area contributed by atoms with E-state index in [9.17, 15) is 4.79 Å². The van der Waals surface area contributed by atoms with E-state index >= 15 is 0 Å². The molecule has 10 heteroatoms. The molecule has 0 aromatic carbocycles. The molecule has 1 saturated carbocycles. The van der Waals surface area contributed by atoms with E-state index in [4.69, 9.17) is 9.97 Å². The Bertz CT molecular complexity index is 1750. The molecule has 174 valence electrons. The number of aromatic amines is 2. The Balaban J connectivity index is 1.28. The Hall–Kier alpha value is -4.99. The van der Waals surface area contributed by atoms with Crippen LogP contribution in [0.3, 0.4) is 0 Å². The van der Waals surface area contributed by atoms with E-state index in [0.717, 1.165) is 40.6 Å². The van der Waals surface area contributed by atoms with Crippen molar-refractivity contribution in [1.29, 1.82) is 0 Å². The smallest absolute Gasteiger partial charge is 0.227 e. The number of rotatable bonds is 5. The summed E-state index contributed by atoms with van der Waals surface area (Å²) >= 11 is 0. The molecule has 6 aromatic heterocycles. The molecule has 0 spiro atoms. The van der Waals surface area contributed by atoms with Crippen molar-refractivity contribution in [3.05, 3.63) is 67.4 Å². The molecule has 36 heavy (non-hydrogen) atoms. The first-order valence-electron chi connectivity index (χ1n) is 11.6. The van der Waals surface area contributed by atoms with Crippen LogP contribution in [-0.2, 0) is 4.79 Å². The van der Waals surface area contributed by atoms with E-state index in [-0.39, 0.29) is 11.8 Å². The van der Waals surface area contributed by atoms with Crippen molar-refractivity contribution in [3.8, 4) is 33.9 Å². The maximum Gasteiger partial charge on any atom is 0.227 e. The summed E-state index contributed by atoms with van der Waals surface area (Å²) in [6.45, 7) is 0. The zero-order valence-electron chi connectivity index (χ0n) is 18.9. The van der Waals surface area contributed by atoms with E-state index < -0.39 is 0 Å². The molecule has 1 aliphatic carbocycles. The van der Waals surface area contributed by atoms with Crippen LogP contribution in [0.15, 0.2) is 67.4 Å². The lowest BCUT2D eigenvalue weighted by Gasteiger charge is -2.06. The van der Waals surface area contributed by atoms with E-state index in [1.165, 1.54) is 0 Å². The van der Waals surface area contributed by atoms with Crippen LogP contribution in [0.25, 0.3) is 56.1 Å². The molecule has 0 radical (unpaired) electrons. The van der Waals surface area contributed by atoms with Crippen LogP contribution in [0.4, 0.5) is 5.69 Å². The van der Waals surface area contributed by atoms with Gasteiger partial charge in [-0.15, -0.1) is 0 Å². The van der Waals surface area contributed by atoms with Gasteiger partial charge < -0.3 is 10.3 Å². The lowest BCUT2D eigenvalue weighted by atomic mass is 10.1. The molecular formula is C26H19N9O. The zero-order valence-corrected chi connectivity index (χ0v) is 18.9. The van der Waals surface area contributed by atoms with Gasteiger partial charge >= 0.3 is 0 Å². The fourth-order valence-electron chi connectivity index (χ4n) is 4.24. The van der Waals surface area contributed by atoms with Gasteiger partial charge in [0, 0.05) is 47.4 Å². The van der Waals surface area contributed by atoms with Gasteiger partial charge in [0.15, 0.2) is 17.2 Å². The van der Waals surface area contributed by atoms with E-state index in [0.29, 0.717) is 34.1 Å². The molecule has 0 atom stereocenters. The minimum absolute atomic E-state index is 0.0404. The number of pyridine rings is 4. The second-order valence-corrected chi connectivity index (χ2v) is 8.77. The third-order valence-corrected chi connectivity index (χ3v) is 6.24. The average molecular weight is 474 g/mol. The SMILES string of the molecule is O=C(Nc1cncc(-c2ccc3[nH]nc(-c4nc5c(-c6cccnc6)ccnc5[nH]4)c3n2)c1)C1CC1. The Morgan fingerprint density at radius 2 is 1.86 bits per heavy atom. The first kappa shape index (κ1) is 20.4. The number of hydrogen-bond acceptors (Lipinski definition) is 7. The molecule has 1 amide bonds. The number of amides is 1. The number of nitrogens with zero attached hydrogens (tertiary/aromatic N) is 6. The fourth-order valence-corrected chi connectivity index (χ4v) is 4.24. The molecule has 1 aliphatic rings. The van der Waals surface area contributed by atoms with Crippen LogP contribution in [0.5, 0.6) is 0 Å². The number of carbonyl (C=O) groups is 1. The second kappa shape index (κ2) is 8.05. The van der Waals surface area contributed by atoms with Gasteiger partial charge in [-0.2, -0.15) is 5.10 Å². The highest BCUT2D eigenvalue weighted by Crippen LogP contribution is 2.32. The molecule has 7 rings (SSSR count). The highest BCUT2D eigenvalue weighted by molar-refractivity contribution is 5.96. The standard InChI is InChI=1S/C26H19N9O/c36-26(14-3-4-14)30-17-10-16(12-28-13-17)19-5-6-20-22(31-19)23(35-34-20)25-32-21-18(7-9-29-24(21)33-25)15-2-1-8-27-11-15/h1-2,5-14H,3-4H2,(H,30,36)(H,34,35)(H,29,32,33). The maximum absolute atomic E-state index is 12.2. The lowest BCUT2D eigenvalue weighted by Crippen LogP contribution is -2.13. The number of aromatic nitrogens is 8. The number of H-pyrrole nitrogens is 2. The summed E-state index contributed by atoms with van der Waals surface area (Å²) < 4.78 is 0. The minimum atomic E-state index is 0.0404. The summed E-state index contributed by atoms with van der Waals surface area (Å²) in [5, 5.41) is 10.5. The summed E-state index contributed by atoms with van der Waals surface area (Å²) in [6.07, 6.45) is 10.6. The van der Waals surface area contributed by atoms with Crippen LogP contribution in [0.2, 0.25) is 0 Å². The number of anilines is 1. The van der Waals surface area contributed by atoms with E-state index in [2.05, 4.69) is 35.5 Å². The van der Waals surface area contributed by atoms with Gasteiger partial charge in [0.05, 0.1) is 23.1 Å². The zero-order chi connectivity index (χ0) is 24.1. The van der Waals surface area contributed by atoms with Crippen LogP contribution < -0.4 is 5.32 Å². The summed E-state index contributed by atoms with van der Waals surface area (Å²) in [6, 6.07) is 11.5. The first-order chi connectivity index (χ1) is 17.7. The molecule has 0 aliphatic heterocycles. The van der Waals surface area contributed by atoms with Crippen LogP contribution in [0.1, 0.15) is 12.8 Å². The average Bonchev–Trinajstić information content (AvgIpc) is 3.55. The maximum atomic E-state index is 12.2. The van der Waals surface area contributed by atoms with E-state index in [1.807, 2.05) is 36.4 Å². The summed E-state index contributed by atoms with van der Waals surface area (Å²) in [4.78, 5) is 38.1. The predicted octanol–water partition coefficient (Wildman–Crippen LogP) is 4.37. The second-order valence-electron chi connectivity index (χ2n) is 8.77. The first-order valence-corrected chi connectivity index (χ1v) is 11.6. The van der Waals surface area contributed by atoms with Gasteiger partial charge in [-0.3, -0.25) is 19.9 Å². The molecule has 10 nitrogen and oxygen atoms in total. The van der Waals surface area contributed by atoms with Gasteiger partial charge in [-0.05, 0) is 43.2 Å². The Kier molecular flexibility index (Phi) is 4.56. The largest absolute Gasteiger partial charge is 0.324 e. The van der Waals surface area contributed by atoms with Crippen molar-refractivity contribution in [1.82, 2.24) is 40.1 Å². The number of hydrogen-bond donors (Lipinski definition) is 3. The summed E-state index contributed by atoms with van der Waals surface area (Å²) in [7, 11) is 0. The molecule has 3 N–H and O–H groups in total. The molecule has 0 unspecified atom stereocenters. The number of carbonyl (C=O) groups excluding carboxylic acids is 1. The van der Waals surface area contributed by atoms with Crippen molar-refractivity contribution in [2.45, 2.75) is 12.8 Å².